The van der Waals surface area contributed by atoms with Crippen LogP contribution in [0.4, 0.5) is 0 Å². The lowest BCUT2D eigenvalue weighted by Gasteiger charge is -2.10. The van der Waals surface area contributed by atoms with Gasteiger partial charge in [0.2, 0.25) is 0 Å². The molecule has 1 heterocycles. The summed E-state index contributed by atoms with van der Waals surface area (Å²) in [5.74, 6) is 0. The zero-order valence-corrected chi connectivity index (χ0v) is 11.1. The van der Waals surface area contributed by atoms with Gasteiger partial charge >= 0.3 is 0 Å². The average Bonchev–Trinajstić information content (AvgIpc) is 2.82. The van der Waals surface area contributed by atoms with Crippen LogP contribution in [-0.4, -0.2) is 14.7 Å². The molecular weight excluding hydrogens is 292 g/mol. The van der Waals surface area contributed by atoms with E-state index in [1.165, 1.54) is 0 Å². The summed E-state index contributed by atoms with van der Waals surface area (Å²) in [6.07, 6.45) is 1.78. The molecule has 0 spiro atoms. The molecule has 0 bridgehead atoms. The maximum absolute atomic E-state index is 9.46. The first-order valence-corrected chi connectivity index (χ1v) is 6.40. The number of nitrogens with zero attached hydrogens (tertiary/aromatic N) is 2. The number of benzene rings is 2. The van der Waals surface area contributed by atoms with Crippen molar-refractivity contribution in [1.29, 1.82) is 0 Å². The van der Waals surface area contributed by atoms with E-state index in [9.17, 15) is 5.11 Å². The average molecular weight is 303 g/mol. The Labute approximate surface area is 113 Å². The highest BCUT2D eigenvalue weighted by Gasteiger charge is 2.08. The Morgan fingerprint density at radius 3 is 2.83 bits per heavy atom. The maximum atomic E-state index is 9.46. The normalized spacial score (nSPS) is 11.0. The summed E-state index contributed by atoms with van der Waals surface area (Å²) in [7, 11) is 0. The fourth-order valence-corrected chi connectivity index (χ4v) is 2.48. The minimum atomic E-state index is 0.00127. The Hall–Kier alpha value is -1.65. The highest BCUT2D eigenvalue weighted by molar-refractivity contribution is 9.10. The number of halogens is 1. The second-order valence-corrected chi connectivity index (χ2v) is 4.95. The summed E-state index contributed by atoms with van der Waals surface area (Å²) < 4.78 is 2.95. The monoisotopic (exact) mass is 302 g/mol. The Balaban J connectivity index is 2.26. The van der Waals surface area contributed by atoms with Crippen molar-refractivity contribution >= 4 is 27.0 Å². The largest absolute Gasteiger partial charge is 0.392 e. The molecule has 18 heavy (non-hydrogen) atoms. The van der Waals surface area contributed by atoms with Crippen molar-refractivity contribution in [3.63, 3.8) is 0 Å². The van der Waals surface area contributed by atoms with E-state index < -0.39 is 0 Å². The zero-order valence-electron chi connectivity index (χ0n) is 9.55. The second kappa shape index (κ2) is 4.55. The SMILES string of the molecule is OCc1cc(Br)ccc1-n1cnc2ccccc21. The van der Waals surface area contributed by atoms with E-state index in [0.717, 1.165) is 26.8 Å². The van der Waals surface area contributed by atoms with Crippen molar-refractivity contribution in [1.82, 2.24) is 9.55 Å². The highest BCUT2D eigenvalue weighted by Crippen LogP contribution is 2.24. The lowest BCUT2D eigenvalue weighted by molar-refractivity contribution is 0.281. The van der Waals surface area contributed by atoms with Crippen LogP contribution in [0.15, 0.2) is 53.3 Å². The minimum absolute atomic E-state index is 0.00127. The predicted octanol–water partition coefficient (Wildman–Crippen LogP) is 3.28. The fraction of sp³-hybridized carbons (Fsp3) is 0.0714. The molecule has 0 aliphatic rings. The van der Waals surface area contributed by atoms with Crippen molar-refractivity contribution in [3.8, 4) is 5.69 Å². The lowest BCUT2D eigenvalue weighted by atomic mass is 10.2. The number of para-hydroxylation sites is 2. The molecule has 0 atom stereocenters. The van der Waals surface area contributed by atoms with Crippen LogP contribution in [0, 0.1) is 0 Å². The van der Waals surface area contributed by atoms with Gasteiger partial charge in [0, 0.05) is 10.0 Å². The van der Waals surface area contributed by atoms with Gasteiger partial charge < -0.3 is 5.11 Å². The van der Waals surface area contributed by atoms with Gasteiger partial charge in [-0.25, -0.2) is 4.98 Å². The van der Waals surface area contributed by atoms with Gasteiger partial charge in [-0.15, -0.1) is 0 Å². The van der Waals surface area contributed by atoms with Crippen molar-refractivity contribution in [2.24, 2.45) is 0 Å². The highest BCUT2D eigenvalue weighted by atomic mass is 79.9. The zero-order chi connectivity index (χ0) is 12.5. The van der Waals surface area contributed by atoms with Crippen molar-refractivity contribution in [2.45, 2.75) is 6.61 Å². The number of aromatic nitrogens is 2. The van der Waals surface area contributed by atoms with Crippen LogP contribution in [-0.2, 0) is 6.61 Å². The molecule has 0 unspecified atom stereocenters. The number of hydrogen-bond acceptors (Lipinski definition) is 2. The number of aliphatic hydroxyl groups is 1. The molecule has 4 heteroatoms. The summed E-state index contributed by atoms with van der Waals surface area (Å²) >= 11 is 3.41. The Morgan fingerprint density at radius 2 is 2.00 bits per heavy atom. The third-order valence-corrected chi connectivity index (χ3v) is 3.42. The third kappa shape index (κ3) is 1.83. The smallest absolute Gasteiger partial charge is 0.100 e. The summed E-state index contributed by atoms with van der Waals surface area (Å²) in [6.45, 7) is 0.00127. The van der Waals surface area contributed by atoms with E-state index in [0.29, 0.717) is 0 Å². The van der Waals surface area contributed by atoms with Crippen LogP contribution < -0.4 is 0 Å². The number of aliphatic hydroxyl groups excluding tert-OH is 1. The second-order valence-electron chi connectivity index (χ2n) is 4.03. The topological polar surface area (TPSA) is 38.0 Å². The number of fused-ring (bicyclic) bond motifs is 1. The lowest BCUT2D eigenvalue weighted by Crippen LogP contribution is -1.98. The Bertz CT molecular complexity index is 706. The third-order valence-electron chi connectivity index (χ3n) is 2.92. The molecule has 0 saturated carbocycles. The molecule has 0 aliphatic heterocycles. The van der Waals surface area contributed by atoms with Crippen LogP contribution in [0.25, 0.3) is 16.7 Å². The Kier molecular flexibility index (Phi) is 2.89. The van der Waals surface area contributed by atoms with Gasteiger partial charge in [-0.05, 0) is 30.3 Å². The summed E-state index contributed by atoms with van der Waals surface area (Å²) in [5, 5.41) is 9.46. The van der Waals surface area contributed by atoms with Crippen LogP contribution >= 0.6 is 15.9 Å². The van der Waals surface area contributed by atoms with Gasteiger partial charge in [0.05, 0.1) is 23.3 Å². The van der Waals surface area contributed by atoms with Crippen molar-refractivity contribution in [3.05, 3.63) is 58.8 Å². The molecule has 2 aromatic carbocycles. The maximum Gasteiger partial charge on any atom is 0.100 e. The van der Waals surface area contributed by atoms with Gasteiger partial charge in [-0.3, -0.25) is 4.57 Å². The van der Waals surface area contributed by atoms with Gasteiger partial charge in [-0.1, -0.05) is 28.1 Å². The first-order valence-electron chi connectivity index (χ1n) is 5.61. The van der Waals surface area contributed by atoms with Crippen molar-refractivity contribution in [2.75, 3.05) is 0 Å². The molecule has 90 valence electrons. The van der Waals surface area contributed by atoms with Crippen molar-refractivity contribution < 1.29 is 5.11 Å². The van der Waals surface area contributed by atoms with Crippen LogP contribution in [0.5, 0.6) is 0 Å². The summed E-state index contributed by atoms with van der Waals surface area (Å²) in [5.41, 5.74) is 3.81. The van der Waals surface area contributed by atoms with Gasteiger partial charge in [0.15, 0.2) is 0 Å². The van der Waals surface area contributed by atoms with E-state index in [4.69, 9.17) is 0 Å². The van der Waals surface area contributed by atoms with E-state index in [1.54, 1.807) is 6.33 Å². The van der Waals surface area contributed by atoms with E-state index in [2.05, 4.69) is 20.9 Å². The predicted molar refractivity (Wildman–Crippen MR) is 74.7 cm³/mol. The molecule has 3 nitrogen and oxygen atoms in total. The van der Waals surface area contributed by atoms with E-state index in [1.807, 2.05) is 47.0 Å². The minimum Gasteiger partial charge on any atom is -0.392 e. The molecule has 0 fully saturated rings. The van der Waals surface area contributed by atoms with Crippen LogP contribution in [0.2, 0.25) is 0 Å². The summed E-state index contributed by atoms with van der Waals surface area (Å²) in [6, 6.07) is 13.8. The van der Waals surface area contributed by atoms with Gasteiger partial charge in [0.25, 0.3) is 0 Å². The molecule has 1 aromatic heterocycles. The number of imidazole rings is 1. The molecule has 3 aromatic rings. The molecular formula is C14H11BrN2O. The fourth-order valence-electron chi connectivity index (χ4n) is 2.07. The van der Waals surface area contributed by atoms with E-state index >= 15 is 0 Å². The number of rotatable bonds is 2. The standard InChI is InChI=1S/C14H11BrN2O/c15-11-5-6-13(10(7-11)8-18)17-9-16-12-3-1-2-4-14(12)17/h1-7,9,18H,8H2. The summed E-state index contributed by atoms with van der Waals surface area (Å²) in [4.78, 5) is 4.36. The van der Waals surface area contributed by atoms with Crippen LogP contribution in [0.1, 0.15) is 5.56 Å². The first kappa shape index (κ1) is 11.4. The number of hydrogen-bond donors (Lipinski definition) is 1. The molecule has 0 saturated heterocycles. The van der Waals surface area contributed by atoms with E-state index in [-0.39, 0.29) is 6.61 Å². The molecule has 0 radical (unpaired) electrons. The van der Waals surface area contributed by atoms with Gasteiger partial charge in [-0.2, -0.15) is 0 Å². The quantitative estimate of drug-likeness (QED) is 0.789. The Morgan fingerprint density at radius 1 is 1.17 bits per heavy atom. The van der Waals surface area contributed by atoms with Gasteiger partial charge in [0.1, 0.15) is 6.33 Å². The molecule has 3 rings (SSSR count). The van der Waals surface area contributed by atoms with Crippen LogP contribution in [0.3, 0.4) is 0 Å². The molecule has 0 aliphatic carbocycles. The molecule has 0 amide bonds. The first-order chi connectivity index (χ1) is 8.79. The molecule has 1 N–H and O–H groups in total.